The molecule has 2 aromatic rings. The van der Waals surface area contributed by atoms with Crippen LogP contribution in [0.1, 0.15) is 16.3 Å². The van der Waals surface area contributed by atoms with Gasteiger partial charge in [0.1, 0.15) is 17.3 Å². The van der Waals surface area contributed by atoms with Crippen LogP contribution in [0.3, 0.4) is 0 Å². The predicted molar refractivity (Wildman–Crippen MR) is 107 cm³/mol. The van der Waals surface area contributed by atoms with Crippen molar-refractivity contribution in [2.45, 2.75) is 6.92 Å². The fraction of sp³-hybridized carbons (Fsp3) is 0.421. The first-order chi connectivity index (χ1) is 13.1. The molecule has 0 bridgehead atoms. The maximum absolute atomic E-state index is 12.3. The lowest BCUT2D eigenvalue weighted by Gasteiger charge is -2.36. The molecule has 3 rings (SSSR count). The number of carbonyl (C=O) groups is 1. The number of anilines is 2. The van der Waals surface area contributed by atoms with Crippen LogP contribution in [0.2, 0.25) is 5.02 Å². The van der Waals surface area contributed by atoms with Crippen molar-refractivity contribution in [2.24, 2.45) is 0 Å². The summed E-state index contributed by atoms with van der Waals surface area (Å²) in [4.78, 5) is 25.5. The molecule has 27 heavy (non-hydrogen) atoms. The summed E-state index contributed by atoms with van der Waals surface area (Å²) in [5.41, 5.74) is 1.50. The maximum Gasteiger partial charge on any atom is 0.270 e. The van der Waals surface area contributed by atoms with Gasteiger partial charge < -0.3 is 19.9 Å². The molecule has 1 aromatic heterocycles. The fourth-order valence-corrected chi connectivity index (χ4v) is 3.24. The second kappa shape index (κ2) is 9.01. The Morgan fingerprint density at radius 3 is 2.63 bits per heavy atom. The van der Waals surface area contributed by atoms with Crippen molar-refractivity contribution >= 4 is 29.0 Å². The van der Waals surface area contributed by atoms with Crippen LogP contribution >= 0.6 is 11.6 Å². The summed E-state index contributed by atoms with van der Waals surface area (Å²) in [6, 6.07) is 9.65. The molecule has 1 amide bonds. The van der Waals surface area contributed by atoms with E-state index in [-0.39, 0.29) is 5.91 Å². The quantitative estimate of drug-likeness (QED) is 0.763. The second-order valence-electron chi connectivity index (χ2n) is 6.36. The summed E-state index contributed by atoms with van der Waals surface area (Å²) in [6.07, 6.45) is 0. The molecule has 1 saturated heterocycles. The van der Waals surface area contributed by atoms with Gasteiger partial charge in [0.25, 0.3) is 5.91 Å². The molecule has 2 heterocycles. The summed E-state index contributed by atoms with van der Waals surface area (Å²) in [5, 5.41) is 3.54. The Morgan fingerprint density at radius 1 is 1.19 bits per heavy atom. The molecular formula is C19H24ClN5O2. The van der Waals surface area contributed by atoms with E-state index >= 15 is 0 Å². The Morgan fingerprint density at radius 2 is 1.93 bits per heavy atom. The number of ether oxygens (including phenoxy) is 1. The highest BCUT2D eigenvalue weighted by Crippen LogP contribution is 2.22. The van der Waals surface area contributed by atoms with E-state index in [1.165, 1.54) is 0 Å². The molecule has 0 spiro atoms. The first kappa shape index (κ1) is 19.4. The molecule has 0 atom stereocenters. The van der Waals surface area contributed by atoms with Gasteiger partial charge in [0, 0.05) is 56.6 Å². The zero-order valence-corrected chi connectivity index (χ0v) is 16.4. The number of rotatable bonds is 6. The predicted octanol–water partition coefficient (Wildman–Crippen LogP) is 2.14. The Kier molecular flexibility index (Phi) is 6.47. The molecule has 0 aliphatic carbocycles. The molecule has 144 valence electrons. The number of nitrogens with one attached hydrogen (secondary N) is 1. The molecule has 1 aliphatic heterocycles. The molecule has 7 nitrogen and oxygen atoms in total. The molecular weight excluding hydrogens is 366 g/mol. The topological polar surface area (TPSA) is 70.6 Å². The van der Waals surface area contributed by atoms with Gasteiger partial charge in [-0.2, -0.15) is 0 Å². The van der Waals surface area contributed by atoms with Crippen LogP contribution in [-0.4, -0.2) is 62.3 Å². The second-order valence-corrected chi connectivity index (χ2v) is 6.80. The highest BCUT2D eigenvalue weighted by Gasteiger charge is 2.20. The highest BCUT2D eigenvalue weighted by atomic mass is 35.5. The summed E-state index contributed by atoms with van der Waals surface area (Å²) in [5.74, 6) is 1.16. The third-order valence-electron chi connectivity index (χ3n) is 4.43. The van der Waals surface area contributed by atoms with E-state index in [1.807, 2.05) is 18.2 Å². The van der Waals surface area contributed by atoms with Gasteiger partial charge in [-0.3, -0.25) is 4.79 Å². The highest BCUT2D eigenvalue weighted by molar-refractivity contribution is 6.30. The van der Waals surface area contributed by atoms with Gasteiger partial charge in [-0.05, 0) is 25.1 Å². The van der Waals surface area contributed by atoms with Gasteiger partial charge in [-0.15, -0.1) is 0 Å². The largest absolute Gasteiger partial charge is 0.383 e. The monoisotopic (exact) mass is 389 g/mol. The fourth-order valence-electron chi connectivity index (χ4n) is 3.05. The van der Waals surface area contributed by atoms with Crippen molar-refractivity contribution in [3.05, 3.63) is 46.9 Å². The SMILES string of the molecule is COCCNC(=O)c1cc(N2CCN(c3cccc(Cl)c3)CC2)nc(C)n1. The molecule has 0 saturated carbocycles. The number of aryl methyl sites for hydroxylation is 1. The van der Waals surface area contributed by atoms with E-state index in [0.717, 1.165) is 42.7 Å². The number of aromatic nitrogens is 2. The number of nitrogens with zero attached hydrogens (tertiary/aromatic N) is 4. The number of benzene rings is 1. The van der Waals surface area contributed by atoms with E-state index in [2.05, 4.69) is 31.2 Å². The van der Waals surface area contributed by atoms with Crippen LogP contribution in [0, 0.1) is 6.92 Å². The summed E-state index contributed by atoms with van der Waals surface area (Å²) >= 11 is 6.10. The zero-order chi connectivity index (χ0) is 19.2. The molecule has 1 N–H and O–H groups in total. The lowest BCUT2D eigenvalue weighted by atomic mass is 10.2. The van der Waals surface area contributed by atoms with Gasteiger partial charge in [-0.1, -0.05) is 17.7 Å². The number of piperazine rings is 1. The average molecular weight is 390 g/mol. The minimum absolute atomic E-state index is 0.212. The smallest absolute Gasteiger partial charge is 0.270 e. The van der Waals surface area contributed by atoms with Crippen molar-refractivity contribution in [1.82, 2.24) is 15.3 Å². The Balaban J connectivity index is 1.66. The molecule has 0 unspecified atom stereocenters. The standard InChI is InChI=1S/C19H24ClN5O2/c1-14-22-17(19(26)21-6-11-27-2)13-18(23-14)25-9-7-24(8-10-25)16-5-3-4-15(20)12-16/h3-5,12-13H,6-11H2,1-2H3,(H,21,26). The third-order valence-corrected chi connectivity index (χ3v) is 4.66. The summed E-state index contributed by atoms with van der Waals surface area (Å²) in [7, 11) is 1.60. The van der Waals surface area contributed by atoms with E-state index in [4.69, 9.17) is 16.3 Å². The first-order valence-corrected chi connectivity index (χ1v) is 9.33. The van der Waals surface area contributed by atoms with Gasteiger partial charge in [-0.25, -0.2) is 9.97 Å². The molecule has 1 fully saturated rings. The zero-order valence-electron chi connectivity index (χ0n) is 15.6. The maximum atomic E-state index is 12.3. The van der Waals surface area contributed by atoms with Crippen molar-refractivity contribution < 1.29 is 9.53 Å². The average Bonchev–Trinajstić information content (AvgIpc) is 2.68. The van der Waals surface area contributed by atoms with E-state index in [9.17, 15) is 4.79 Å². The Hall–Kier alpha value is -2.38. The molecule has 8 heteroatoms. The van der Waals surface area contributed by atoms with Crippen LogP contribution in [0.15, 0.2) is 30.3 Å². The van der Waals surface area contributed by atoms with Crippen molar-refractivity contribution in [2.75, 3.05) is 56.2 Å². The van der Waals surface area contributed by atoms with E-state index < -0.39 is 0 Å². The Bertz CT molecular complexity index is 793. The lowest BCUT2D eigenvalue weighted by molar-refractivity contribution is 0.0931. The number of methoxy groups -OCH3 is 1. The van der Waals surface area contributed by atoms with Gasteiger partial charge in [0.15, 0.2) is 0 Å². The van der Waals surface area contributed by atoms with Crippen LogP contribution in [0.25, 0.3) is 0 Å². The number of hydrogen-bond acceptors (Lipinski definition) is 6. The van der Waals surface area contributed by atoms with Crippen LogP contribution in [0.4, 0.5) is 11.5 Å². The van der Waals surface area contributed by atoms with Crippen LogP contribution in [-0.2, 0) is 4.74 Å². The third kappa shape index (κ3) is 5.08. The van der Waals surface area contributed by atoms with E-state index in [0.29, 0.717) is 24.7 Å². The minimum atomic E-state index is -0.212. The van der Waals surface area contributed by atoms with Gasteiger partial charge >= 0.3 is 0 Å². The molecule has 0 radical (unpaired) electrons. The van der Waals surface area contributed by atoms with Crippen LogP contribution in [0.5, 0.6) is 0 Å². The van der Waals surface area contributed by atoms with Crippen LogP contribution < -0.4 is 15.1 Å². The van der Waals surface area contributed by atoms with E-state index in [1.54, 1.807) is 20.1 Å². The number of halogens is 1. The Labute approximate surface area is 164 Å². The van der Waals surface area contributed by atoms with Crippen molar-refractivity contribution in [3.63, 3.8) is 0 Å². The molecule has 1 aliphatic rings. The van der Waals surface area contributed by atoms with Gasteiger partial charge in [0.05, 0.1) is 6.61 Å². The lowest BCUT2D eigenvalue weighted by Crippen LogP contribution is -2.47. The number of amides is 1. The van der Waals surface area contributed by atoms with Crippen molar-refractivity contribution in [3.8, 4) is 0 Å². The number of hydrogen-bond donors (Lipinski definition) is 1. The van der Waals surface area contributed by atoms with Gasteiger partial charge in [0.2, 0.25) is 0 Å². The summed E-state index contributed by atoms with van der Waals surface area (Å²) in [6.45, 7) is 6.07. The first-order valence-electron chi connectivity index (χ1n) is 8.95. The van der Waals surface area contributed by atoms with Crippen molar-refractivity contribution in [1.29, 1.82) is 0 Å². The summed E-state index contributed by atoms with van der Waals surface area (Å²) < 4.78 is 4.96. The molecule has 1 aromatic carbocycles. The normalized spacial score (nSPS) is 14.3. The number of carbonyl (C=O) groups excluding carboxylic acids is 1. The minimum Gasteiger partial charge on any atom is -0.383 e.